The van der Waals surface area contributed by atoms with Crippen LogP contribution < -0.4 is 10.1 Å². The fourth-order valence-electron chi connectivity index (χ4n) is 2.97. The predicted octanol–water partition coefficient (Wildman–Crippen LogP) is 3.99. The van der Waals surface area contributed by atoms with Crippen molar-refractivity contribution in [3.05, 3.63) is 78.8 Å². The first-order chi connectivity index (χ1) is 14.2. The number of benzene rings is 2. The molecule has 0 bridgehead atoms. The molecule has 0 aliphatic carbocycles. The van der Waals surface area contributed by atoms with E-state index in [4.69, 9.17) is 9.26 Å². The van der Waals surface area contributed by atoms with E-state index in [-0.39, 0.29) is 18.2 Å². The Bertz CT molecular complexity index is 1110. The zero-order chi connectivity index (χ0) is 20.1. The fourth-order valence-corrected chi connectivity index (χ4v) is 2.97. The van der Waals surface area contributed by atoms with Gasteiger partial charge in [0.05, 0.1) is 24.8 Å². The molecule has 0 radical (unpaired) electrons. The van der Waals surface area contributed by atoms with E-state index in [0.717, 1.165) is 11.1 Å². The van der Waals surface area contributed by atoms with Crippen molar-refractivity contribution in [2.24, 2.45) is 0 Å². The molecule has 1 N–H and O–H groups in total. The molecule has 0 saturated heterocycles. The number of amides is 1. The molecule has 4 rings (SSSR count). The quantitative estimate of drug-likeness (QED) is 0.539. The lowest BCUT2D eigenvalue weighted by molar-refractivity contribution is -0.115. The van der Waals surface area contributed by atoms with E-state index in [1.807, 2.05) is 54.6 Å². The van der Waals surface area contributed by atoms with Gasteiger partial charge in [-0.3, -0.25) is 10.1 Å². The highest BCUT2D eigenvalue weighted by molar-refractivity contribution is 5.97. The van der Waals surface area contributed by atoms with Crippen LogP contribution in [0.15, 0.2) is 77.7 Å². The van der Waals surface area contributed by atoms with E-state index < -0.39 is 0 Å². The van der Waals surface area contributed by atoms with Crippen molar-refractivity contribution in [2.75, 3.05) is 12.4 Å². The predicted molar refractivity (Wildman–Crippen MR) is 108 cm³/mol. The van der Waals surface area contributed by atoms with Crippen LogP contribution in [0.1, 0.15) is 5.56 Å². The number of ether oxygens (including phenoxy) is 1. The fraction of sp³-hybridized carbons (Fsp3) is 0.0909. The van der Waals surface area contributed by atoms with Gasteiger partial charge < -0.3 is 9.26 Å². The average Bonchev–Trinajstić information content (AvgIpc) is 3.18. The number of rotatable bonds is 6. The van der Waals surface area contributed by atoms with Crippen molar-refractivity contribution in [1.82, 2.24) is 15.1 Å². The third kappa shape index (κ3) is 4.14. The van der Waals surface area contributed by atoms with E-state index >= 15 is 0 Å². The van der Waals surface area contributed by atoms with Crippen LogP contribution in [0.4, 0.5) is 5.88 Å². The Morgan fingerprint density at radius 2 is 1.97 bits per heavy atom. The summed E-state index contributed by atoms with van der Waals surface area (Å²) in [5, 5.41) is 7.01. The molecule has 0 atom stereocenters. The number of nitrogens with zero attached hydrogens (tertiary/aromatic N) is 3. The van der Waals surface area contributed by atoms with E-state index in [1.54, 1.807) is 19.4 Å². The zero-order valence-electron chi connectivity index (χ0n) is 15.7. The van der Waals surface area contributed by atoms with Crippen LogP contribution in [0.2, 0.25) is 0 Å². The van der Waals surface area contributed by atoms with Gasteiger partial charge >= 0.3 is 0 Å². The Hall–Kier alpha value is -4.00. The van der Waals surface area contributed by atoms with Crippen LogP contribution in [-0.4, -0.2) is 28.1 Å². The minimum atomic E-state index is -0.208. The number of hydrogen-bond donors (Lipinski definition) is 1. The minimum absolute atomic E-state index is 0.208. The third-order valence-electron chi connectivity index (χ3n) is 4.33. The molecule has 1 amide bonds. The van der Waals surface area contributed by atoms with E-state index in [0.29, 0.717) is 22.7 Å². The van der Waals surface area contributed by atoms with Crippen molar-refractivity contribution in [1.29, 1.82) is 0 Å². The largest absolute Gasteiger partial charge is 0.497 e. The van der Waals surface area contributed by atoms with Crippen molar-refractivity contribution >= 4 is 11.8 Å². The number of methoxy groups -OCH3 is 1. The number of carbonyl (C=O) groups excluding carboxylic acids is 1. The summed E-state index contributed by atoms with van der Waals surface area (Å²) in [7, 11) is 1.60. The maximum Gasteiger partial charge on any atom is 0.241 e. The summed E-state index contributed by atoms with van der Waals surface area (Å²) in [4.78, 5) is 20.8. The Labute approximate surface area is 167 Å². The molecule has 144 valence electrons. The molecule has 0 saturated carbocycles. The van der Waals surface area contributed by atoms with Gasteiger partial charge in [0.1, 0.15) is 17.8 Å². The van der Waals surface area contributed by atoms with Crippen molar-refractivity contribution < 1.29 is 14.1 Å². The summed E-state index contributed by atoms with van der Waals surface area (Å²) in [6, 6.07) is 18.7. The summed E-state index contributed by atoms with van der Waals surface area (Å²) >= 11 is 0. The Kier molecular flexibility index (Phi) is 5.29. The molecular formula is C22H18N4O3. The topological polar surface area (TPSA) is 90.1 Å². The first-order valence-electron chi connectivity index (χ1n) is 8.99. The van der Waals surface area contributed by atoms with Gasteiger partial charge in [0, 0.05) is 11.8 Å². The van der Waals surface area contributed by atoms with Crippen LogP contribution in [0.25, 0.3) is 22.5 Å². The van der Waals surface area contributed by atoms with Gasteiger partial charge in [-0.05, 0) is 23.8 Å². The van der Waals surface area contributed by atoms with Crippen molar-refractivity contribution in [3.8, 4) is 28.3 Å². The van der Waals surface area contributed by atoms with Crippen LogP contribution in [0.5, 0.6) is 5.75 Å². The maximum absolute atomic E-state index is 12.6. The lowest BCUT2D eigenvalue weighted by atomic mass is 10.0. The molecule has 2 heterocycles. The van der Waals surface area contributed by atoms with Gasteiger partial charge in [-0.1, -0.05) is 47.6 Å². The minimum Gasteiger partial charge on any atom is -0.497 e. The summed E-state index contributed by atoms with van der Waals surface area (Å²) in [6.07, 6.45) is 3.28. The second kappa shape index (κ2) is 8.35. The van der Waals surface area contributed by atoms with Gasteiger partial charge in [0.2, 0.25) is 11.8 Å². The van der Waals surface area contributed by atoms with Crippen molar-refractivity contribution in [2.45, 2.75) is 6.42 Å². The van der Waals surface area contributed by atoms with E-state index in [1.165, 1.54) is 6.33 Å². The first-order valence-corrected chi connectivity index (χ1v) is 8.99. The molecule has 7 nitrogen and oxygen atoms in total. The molecule has 4 aromatic rings. The first kappa shape index (κ1) is 18.4. The number of nitrogens with one attached hydrogen (secondary N) is 1. The molecule has 7 heteroatoms. The summed E-state index contributed by atoms with van der Waals surface area (Å²) in [6.45, 7) is 0. The highest BCUT2D eigenvalue weighted by Crippen LogP contribution is 2.37. The lowest BCUT2D eigenvalue weighted by Gasteiger charge is -2.06. The highest BCUT2D eigenvalue weighted by atomic mass is 16.5. The molecule has 2 aromatic heterocycles. The Balaban J connectivity index is 1.70. The third-order valence-corrected chi connectivity index (χ3v) is 4.33. The molecular weight excluding hydrogens is 368 g/mol. The Morgan fingerprint density at radius 1 is 1.10 bits per heavy atom. The molecule has 0 spiro atoms. The molecule has 0 aliphatic rings. The lowest BCUT2D eigenvalue weighted by Crippen LogP contribution is -2.14. The number of carbonyl (C=O) groups is 1. The van der Waals surface area contributed by atoms with E-state index in [9.17, 15) is 4.79 Å². The average molecular weight is 386 g/mol. The number of hydrogen-bond acceptors (Lipinski definition) is 6. The molecule has 29 heavy (non-hydrogen) atoms. The van der Waals surface area contributed by atoms with Crippen LogP contribution in [0, 0.1) is 0 Å². The molecule has 0 aliphatic heterocycles. The maximum atomic E-state index is 12.6. The smallest absolute Gasteiger partial charge is 0.241 e. The molecule has 2 aromatic carbocycles. The zero-order valence-corrected chi connectivity index (χ0v) is 15.7. The van der Waals surface area contributed by atoms with E-state index in [2.05, 4.69) is 20.4 Å². The molecule has 0 fully saturated rings. The van der Waals surface area contributed by atoms with Crippen LogP contribution >= 0.6 is 0 Å². The SMILES string of the molecule is COc1cccc(-c2noc(NC(=O)Cc3ccccc3)c2-c2ccncn2)c1. The van der Waals surface area contributed by atoms with Crippen molar-refractivity contribution in [3.63, 3.8) is 0 Å². The second-order valence-electron chi connectivity index (χ2n) is 6.27. The van der Waals surface area contributed by atoms with Gasteiger partial charge in [-0.25, -0.2) is 9.97 Å². The normalized spacial score (nSPS) is 10.5. The van der Waals surface area contributed by atoms with Gasteiger partial charge in [0.25, 0.3) is 0 Å². The highest BCUT2D eigenvalue weighted by Gasteiger charge is 2.22. The van der Waals surface area contributed by atoms with Gasteiger partial charge in [-0.15, -0.1) is 0 Å². The number of aromatic nitrogens is 3. The van der Waals surface area contributed by atoms with Crippen LogP contribution in [-0.2, 0) is 11.2 Å². The molecule has 0 unspecified atom stereocenters. The van der Waals surface area contributed by atoms with Crippen LogP contribution in [0.3, 0.4) is 0 Å². The van der Waals surface area contributed by atoms with Gasteiger partial charge in [0.15, 0.2) is 0 Å². The monoisotopic (exact) mass is 386 g/mol. The number of anilines is 1. The van der Waals surface area contributed by atoms with Gasteiger partial charge in [-0.2, -0.15) is 0 Å². The standard InChI is InChI=1S/C22H18N4O3/c1-28-17-9-5-8-16(13-17)21-20(18-10-11-23-14-24-18)22(29-26-21)25-19(27)12-15-6-3-2-4-7-15/h2-11,13-14H,12H2,1H3,(H,25,27). The second-order valence-corrected chi connectivity index (χ2v) is 6.27. The summed E-state index contributed by atoms with van der Waals surface area (Å²) in [5.41, 5.74) is 3.42. The summed E-state index contributed by atoms with van der Waals surface area (Å²) in [5.74, 6) is 0.719. The summed E-state index contributed by atoms with van der Waals surface area (Å²) < 4.78 is 10.8. The Morgan fingerprint density at radius 3 is 2.72 bits per heavy atom.